The van der Waals surface area contributed by atoms with Crippen molar-refractivity contribution < 1.29 is 19.1 Å². The summed E-state index contributed by atoms with van der Waals surface area (Å²) in [5, 5.41) is 3.13. The molecule has 2 atom stereocenters. The molecule has 0 heterocycles. The molecule has 220 valence electrons. The summed E-state index contributed by atoms with van der Waals surface area (Å²) < 4.78 is 12.2. The van der Waals surface area contributed by atoms with Crippen LogP contribution in [0.5, 0.6) is 0 Å². The van der Waals surface area contributed by atoms with Crippen molar-refractivity contribution in [3.63, 3.8) is 0 Å². The molecule has 0 aromatic heterocycles. The van der Waals surface area contributed by atoms with Gasteiger partial charge < -0.3 is 14.8 Å². The van der Waals surface area contributed by atoms with Gasteiger partial charge in [-0.05, 0) is 42.2 Å². The number of carbonyl (C=O) groups is 2. The molecule has 5 aromatic carbocycles. The first-order chi connectivity index (χ1) is 21.4. The number of nitrogens with one attached hydrogen (secondary N) is 1. The molecule has 1 amide bonds. The van der Waals surface area contributed by atoms with E-state index in [1.165, 1.54) is 0 Å². The van der Waals surface area contributed by atoms with E-state index in [1.807, 2.05) is 104 Å². The molecule has 1 aliphatic rings. The normalized spacial score (nSPS) is 14.1. The van der Waals surface area contributed by atoms with Crippen LogP contribution >= 0.6 is 11.6 Å². The van der Waals surface area contributed by atoms with Crippen LogP contribution in [0.2, 0.25) is 5.02 Å². The van der Waals surface area contributed by atoms with Gasteiger partial charge in [0.1, 0.15) is 12.6 Å². The molecule has 5 nitrogen and oxygen atoms in total. The topological polar surface area (TPSA) is 64.6 Å². The number of esters is 1. The van der Waals surface area contributed by atoms with Gasteiger partial charge in [0.2, 0.25) is 0 Å². The predicted octanol–water partition coefficient (Wildman–Crippen LogP) is 8.41. The Balaban J connectivity index is 1.25. The van der Waals surface area contributed by atoms with Crippen LogP contribution in [0, 0.1) is 6.92 Å². The van der Waals surface area contributed by atoms with E-state index >= 15 is 0 Å². The number of alkyl carbamates (subject to hydrolysis) is 1. The highest BCUT2D eigenvalue weighted by Crippen LogP contribution is 2.45. The van der Waals surface area contributed by atoms with Crippen molar-refractivity contribution in [2.75, 3.05) is 6.61 Å². The molecule has 0 saturated heterocycles. The van der Waals surface area contributed by atoms with E-state index in [4.69, 9.17) is 21.1 Å². The van der Waals surface area contributed by atoms with E-state index < -0.39 is 23.7 Å². The van der Waals surface area contributed by atoms with Gasteiger partial charge in [0.15, 0.2) is 5.60 Å². The smallest absolute Gasteiger partial charge is 0.407 e. The monoisotopic (exact) mass is 601 g/mol. The van der Waals surface area contributed by atoms with Crippen LogP contribution in [-0.4, -0.2) is 24.7 Å². The number of hydrogen-bond donors (Lipinski definition) is 1. The summed E-state index contributed by atoms with van der Waals surface area (Å²) in [6, 6.07) is 39.9. The molecule has 0 saturated carbocycles. The van der Waals surface area contributed by atoms with Gasteiger partial charge in [-0.1, -0.05) is 138 Å². The lowest BCUT2D eigenvalue weighted by atomic mass is 9.79. The van der Waals surface area contributed by atoms with E-state index in [1.54, 1.807) is 13.0 Å². The van der Waals surface area contributed by atoms with E-state index in [0.717, 1.165) is 38.9 Å². The Bertz CT molecular complexity index is 1760. The van der Waals surface area contributed by atoms with Gasteiger partial charge >= 0.3 is 12.1 Å². The SMILES string of the molecule is Cc1ccc(C(OC(=O)[C@H](C)NC(=O)OCC2c3ccccc3-c3ccccc32)(c2ccccc2)c2ccccc2Cl)cc1. The number of aryl methyl sites for hydroxylation is 1. The van der Waals surface area contributed by atoms with Gasteiger partial charge in [-0.2, -0.15) is 0 Å². The van der Waals surface area contributed by atoms with Crippen molar-refractivity contribution in [3.05, 3.63) is 166 Å². The number of carbonyl (C=O) groups excluding carboxylic acids is 2. The van der Waals surface area contributed by atoms with Crippen LogP contribution in [0.15, 0.2) is 127 Å². The molecule has 5 aromatic rings. The number of amides is 1. The second-order valence-electron chi connectivity index (χ2n) is 11.0. The van der Waals surface area contributed by atoms with Gasteiger partial charge in [0.05, 0.1) is 0 Å². The Hall–Kier alpha value is -4.87. The molecular formula is C38H32ClNO4. The standard InChI is InChI=1S/C38H32ClNO4/c1-25-20-22-28(23-21-25)38(27-12-4-3-5-13-27,34-18-10-11-19-35(34)39)44-36(41)26(2)40-37(42)43-24-33-31-16-8-6-14-29(31)30-15-7-9-17-32(30)33/h3-23,26,33H,24H2,1-2H3,(H,40,42)/t26-,38?/m0/s1. The minimum absolute atomic E-state index is 0.0945. The minimum Gasteiger partial charge on any atom is -0.449 e. The average Bonchev–Trinajstić information content (AvgIpc) is 3.37. The number of rotatable bonds is 8. The lowest BCUT2D eigenvalue weighted by Crippen LogP contribution is -2.45. The van der Waals surface area contributed by atoms with Crippen LogP contribution in [0.4, 0.5) is 4.79 Å². The summed E-state index contributed by atoms with van der Waals surface area (Å²) in [4.78, 5) is 26.9. The number of hydrogen-bond acceptors (Lipinski definition) is 4. The van der Waals surface area contributed by atoms with Gasteiger partial charge in [0.25, 0.3) is 0 Å². The zero-order valence-corrected chi connectivity index (χ0v) is 25.3. The summed E-state index contributed by atoms with van der Waals surface area (Å²) in [7, 11) is 0. The van der Waals surface area contributed by atoms with Crippen molar-refractivity contribution in [3.8, 4) is 11.1 Å². The zero-order chi connectivity index (χ0) is 30.7. The Morgan fingerprint density at radius 3 is 1.93 bits per heavy atom. The van der Waals surface area contributed by atoms with E-state index in [-0.39, 0.29) is 12.5 Å². The molecule has 6 heteroatoms. The van der Waals surface area contributed by atoms with Crippen molar-refractivity contribution >= 4 is 23.7 Å². The molecule has 0 aliphatic heterocycles. The zero-order valence-electron chi connectivity index (χ0n) is 24.5. The highest BCUT2D eigenvalue weighted by Gasteiger charge is 2.43. The fourth-order valence-corrected chi connectivity index (χ4v) is 6.24. The van der Waals surface area contributed by atoms with Crippen LogP contribution in [0.1, 0.15) is 46.2 Å². The molecule has 0 fully saturated rings. The first-order valence-electron chi connectivity index (χ1n) is 14.6. The summed E-state index contributed by atoms with van der Waals surface area (Å²) in [6.07, 6.45) is -0.699. The third-order valence-electron chi connectivity index (χ3n) is 8.18. The lowest BCUT2D eigenvalue weighted by Gasteiger charge is -2.36. The molecule has 0 bridgehead atoms. The Labute approximate surface area is 262 Å². The Morgan fingerprint density at radius 1 is 0.750 bits per heavy atom. The maximum atomic E-state index is 13.8. The van der Waals surface area contributed by atoms with Gasteiger partial charge in [-0.3, -0.25) is 0 Å². The largest absolute Gasteiger partial charge is 0.449 e. The fraction of sp³-hybridized carbons (Fsp3) is 0.158. The van der Waals surface area contributed by atoms with Gasteiger partial charge in [-0.15, -0.1) is 0 Å². The second-order valence-corrected chi connectivity index (χ2v) is 11.4. The van der Waals surface area contributed by atoms with Crippen molar-refractivity contribution in [2.24, 2.45) is 0 Å². The number of ether oxygens (including phenoxy) is 2. The highest BCUT2D eigenvalue weighted by molar-refractivity contribution is 6.31. The van der Waals surface area contributed by atoms with Gasteiger partial charge in [-0.25, -0.2) is 9.59 Å². The number of halogens is 1. The van der Waals surface area contributed by atoms with E-state index in [2.05, 4.69) is 29.6 Å². The van der Waals surface area contributed by atoms with Gasteiger partial charge in [0, 0.05) is 27.6 Å². The van der Waals surface area contributed by atoms with Crippen LogP contribution < -0.4 is 5.32 Å². The molecule has 1 N–H and O–H groups in total. The second kappa shape index (κ2) is 12.4. The summed E-state index contributed by atoms with van der Waals surface area (Å²) in [6.45, 7) is 3.72. The highest BCUT2D eigenvalue weighted by atomic mass is 35.5. The van der Waals surface area contributed by atoms with Crippen LogP contribution in [0.25, 0.3) is 11.1 Å². The fourth-order valence-electron chi connectivity index (χ4n) is 5.97. The number of benzene rings is 5. The number of fused-ring (bicyclic) bond motifs is 3. The first kappa shape index (κ1) is 29.2. The van der Waals surface area contributed by atoms with Crippen molar-refractivity contribution in [2.45, 2.75) is 31.4 Å². The molecule has 1 unspecified atom stereocenters. The molecule has 6 rings (SSSR count). The predicted molar refractivity (Wildman–Crippen MR) is 173 cm³/mol. The van der Waals surface area contributed by atoms with Crippen LogP contribution in [0.3, 0.4) is 0 Å². The van der Waals surface area contributed by atoms with Crippen molar-refractivity contribution in [1.82, 2.24) is 5.32 Å². The third kappa shape index (κ3) is 5.47. The average molecular weight is 602 g/mol. The van der Waals surface area contributed by atoms with Crippen molar-refractivity contribution in [1.29, 1.82) is 0 Å². The first-order valence-corrected chi connectivity index (χ1v) is 15.0. The minimum atomic E-state index is -1.37. The molecule has 0 spiro atoms. The van der Waals surface area contributed by atoms with Crippen LogP contribution in [-0.2, 0) is 19.9 Å². The summed E-state index contributed by atoms with van der Waals surface area (Å²) in [5.41, 5.74) is 6.25. The molecule has 0 radical (unpaired) electrons. The van der Waals surface area contributed by atoms with E-state index in [0.29, 0.717) is 10.6 Å². The maximum absolute atomic E-state index is 13.8. The van der Waals surface area contributed by atoms with E-state index in [9.17, 15) is 9.59 Å². The Morgan fingerprint density at radius 2 is 1.30 bits per heavy atom. The molecule has 1 aliphatic carbocycles. The third-order valence-corrected chi connectivity index (χ3v) is 8.51. The Kier molecular flexibility index (Phi) is 8.23. The maximum Gasteiger partial charge on any atom is 0.407 e. The summed E-state index contributed by atoms with van der Waals surface area (Å²) >= 11 is 6.78. The molecule has 44 heavy (non-hydrogen) atoms. The summed E-state index contributed by atoms with van der Waals surface area (Å²) in [5.74, 6) is -0.731. The quantitative estimate of drug-likeness (QED) is 0.143. The molecular weight excluding hydrogens is 570 g/mol. The lowest BCUT2D eigenvalue weighted by molar-refractivity contribution is -0.155.